The lowest BCUT2D eigenvalue weighted by atomic mass is 9.95. The molecule has 0 radical (unpaired) electrons. The third-order valence-corrected chi connectivity index (χ3v) is 11.2. The van der Waals surface area contributed by atoms with Crippen molar-refractivity contribution in [2.75, 3.05) is 50.0 Å². The van der Waals surface area contributed by atoms with Gasteiger partial charge in [0.25, 0.3) is 0 Å². The highest BCUT2D eigenvalue weighted by atomic mass is 35.5. The molecule has 2 aromatic carbocycles. The normalized spacial score (nSPS) is 22.0. The summed E-state index contributed by atoms with van der Waals surface area (Å²) in [6.07, 6.45) is 4.94. The lowest BCUT2D eigenvalue weighted by Gasteiger charge is -2.31. The lowest BCUT2D eigenvalue weighted by molar-refractivity contribution is -0.121. The second kappa shape index (κ2) is 11.2. The summed E-state index contributed by atoms with van der Waals surface area (Å²) in [6.45, 7) is 4.18. The van der Waals surface area contributed by atoms with Gasteiger partial charge in [0.15, 0.2) is 5.82 Å². The van der Waals surface area contributed by atoms with E-state index in [4.69, 9.17) is 27.1 Å². The van der Waals surface area contributed by atoms with Gasteiger partial charge in [-0.15, -0.1) is 11.3 Å². The van der Waals surface area contributed by atoms with Crippen LogP contribution in [0, 0.1) is 23.0 Å². The molecule has 0 spiro atoms. The quantitative estimate of drug-likeness (QED) is 0.242. The Kier molecular flexibility index (Phi) is 7.17. The number of anilines is 2. The van der Waals surface area contributed by atoms with Gasteiger partial charge >= 0.3 is 6.01 Å². The van der Waals surface area contributed by atoms with E-state index in [2.05, 4.69) is 20.5 Å². The van der Waals surface area contributed by atoms with E-state index in [0.717, 1.165) is 50.1 Å². The van der Waals surface area contributed by atoms with E-state index >= 15 is 4.39 Å². The largest absolute Gasteiger partial charge is 0.461 e. The first-order chi connectivity index (χ1) is 22.3. The second-order valence-corrected chi connectivity index (χ2v) is 14.1. The molecule has 4 aliphatic rings. The molecule has 0 saturated carbocycles. The van der Waals surface area contributed by atoms with E-state index in [1.165, 1.54) is 12.1 Å². The summed E-state index contributed by atoms with van der Waals surface area (Å²) in [5, 5.41) is 16.8. The number of benzene rings is 2. The fourth-order valence-electron chi connectivity index (χ4n) is 7.50. The maximum absolute atomic E-state index is 16.9. The predicted molar refractivity (Wildman–Crippen MR) is 173 cm³/mol. The Morgan fingerprint density at radius 1 is 1.26 bits per heavy atom. The van der Waals surface area contributed by atoms with Crippen molar-refractivity contribution in [1.29, 1.82) is 5.26 Å². The number of nitrogen functional groups attached to an aromatic ring is 1. The van der Waals surface area contributed by atoms with Gasteiger partial charge in [-0.05, 0) is 62.9 Å². The summed E-state index contributed by atoms with van der Waals surface area (Å²) >= 11 is 7.77. The Bertz CT molecular complexity index is 1950. The van der Waals surface area contributed by atoms with E-state index in [9.17, 15) is 14.4 Å². The van der Waals surface area contributed by atoms with Gasteiger partial charge in [0.2, 0.25) is 5.91 Å². The fraction of sp³-hybridized carbons (Fsp3) is 0.438. The second-order valence-electron chi connectivity index (χ2n) is 12.6. The zero-order valence-electron chi connectivity index (χ0n) is 24.8. The number of hydrogen-bond acceptors (Lipinski definition) is 10. The standard InChI is InChI=1S/C32H31ClF2N8O2S/c33-20-11-18-26(25(35)24(20)17-3-4-21(34)27-23(17)19(12-36)28(37)46-27)40-31(45-15-32-6-1-8-43(32)9-2-7-32)41-29(18)42-10-5-16(14-42)39-30(44)22-13-38-22/h3-4,11,16,22,38H,1-2,5-10,13-15,37H2,(H,39,44). The summed E-state index contributed by atoms with van der Waals surface area (Å²) in [6, 6.07) is 6.09. The van der Waals surface area contributed by atoms with Crippen molar-refractivity contribution in [2.45, 2.75) is 49.7 Å². The maximum atomic E-state index is 16.9. The molecule has 14 heteroatoms. The molecule has 0 bridgehead atoms. The third kappa shape index (κ3) is 4.81. The molecule has 8 rings (SSSR count). The molecule has 0 aliphatic carbocycles. The number of nitrogens with one attached hydrogen (secondary N) is 2. The maximum Gasteiger partial charge on any atom is 0.319 e. The molecular formula is C32H31ClF2N8O2S. The van der Waals surface area contributed by atoms with Crippen LogP contribution in [-0.4, -0.2) is 77.7 Å². The average molecular weight is 665 g/mol. The van der Waals surface area contributed by atoms with Gasteiger partial charge in [-0.3, -0.25) is 9.69 Å². The van der Waals surface area contributed by atoms with Crippen molar-refractivity contribution in [3.8, 4) is 23.2 Å². The number of thiophene rings is 1. The number of carbonyl (C=O) groups is 1. The van der Waals surface area contributed by atoms with Crippen LogP contribution in [0.5, 0.6) is 6.01 Å². The SMILES string of the molecule is N#Cc1c(N)sc2c(F)ccc(-c3c(Cl)cc4c(N5CCC(NC(=O)C6CN6)C5)nc(OCC56CCCN5CCC6)nc4c3F)c12. The van der Waals surface area contributed by atoms with E-state index in [-0.39, 0.29) is 71.9 Å². The zero-order valence-corrected chi connectivity index (χ0v) is 26.4. The van der Waals surface area contributed by atoms with Crippen molar-refractivity contribution in [2.24, 2.45) is 0 Å². The molecule has 238 valence electrons. The van der Waals surface area contributed by atoms with E-state index in [1.54, 1.807) is 6.07 Å². The molecule has 4 fully saturated rings. The third-order valence-electron chi connectivity index (χ3n) is 9.88. The van der Waals surface area contributed by atoms with Crippen LogP contribution in [0.15, 0.2) is 18.2 Å². The van der Waals surface area contributed by atoms with Crippen LogP contribution in [0.1, 0.15) is 37.7 Å². The van der Waals surface area contributed by atoms with Gasteiger partial charge in [-0.2, -0.15) is 15.2 Å². The topological polar surface area (TPSA) is 142 Å². The van der Waals surface area contributed by atoms with Crippen LogP contribution in [0.4, 0.5) is 19.6 Å². The predicted octanol–water partition coefficient (Wildman–Crippen LogP) is 4.57. The van der Waals surface area contributed by atoms with E-state index < -0.39 is 11.6 Å². The number of amides is 1. The highest BCUT2D eigenvalue weighted by molar-refractivity contribution is 7.23. The molecule has 4 aromatic rings. The van der Waals surface area contributed by atoms with E-state index in [0.29, 0.717) is 43.9 Å². The minimum atomic E-state index is -0.733. The minimum Gasteiger partial charge on any atom is -0.461 e. The Morgan fingerprint density at radius 3 is 2.78 bits per heavy atom. The first-order valence-corrected chi connectivity index (χ1v) is 16.7. The molecule has 10 nitrogen and oxygen atoms in total. The molecule has 2 unspecified atom stereocenters. The van der Waals surface area contributed by atoms with Crippen LogP contribution < -0.4 is 26.0 Å². The fourth-order valence-corrected chi connectivity index (χ4v) is 8.74. The lowest BCUT2D eigenvalue weighted by Crippen LogP contribution is -2.43. The van der Waals surface area contributed by atoms with Crippen LogP contribution in [0.25, 0.3) is 32.1 Å². The number of nitriles is 1. The molecule has 2 aromatic heterocycles. The Hall–Kier alpha value is -3.83. The van der Waals surface area contributed by atoms with Gasteiger partial charge in [-0.25, -0.2) is 8.78 Å². The van der Waals surface area contributed by atoms with Gasteiger partial charge in [0.1, 0.15) is 34.8 Å². The first kappa shape index (κ1) is 29.6. The summed E-state index contributed by atoms with van der Waals surface area (Å²) in [5.74, 6) is -0.865. The summed E-state index contributed by atoms with van der Waals surface area (Å²) < 4.78 is 38.2. The van der Waals surface area contributed by atoms with Crippen molar-refractivity contribution in [3.63, 3.8) is 0 Å². The molecular weight excluding hydrogens is 634 g/mol. The molecule has 4 saturated heterocycles. The number of nitrogens with zero attached hydrogens (tertiary/aromatic N) is 5. The average Bonchev–Trinajstić information content (AvgIpc) is 3.30. The smallest absolute Gasteiger partial charge is 0.319 e. The van der Waals surface area contributed by atoms with Gasteiger partial charge in [0.05, 0.1) is 26.9 Å². The molecule has 1 amide bonds. The van der Waals surface area contributed by atoms with Gasteiger partial charge < -0.3 is 26.0 Å². The Morgan fingerprint density at radius 2 is 2.04 bits per heavy atom. The minimum absolute atomic E-state index is 0.000417. The molecule has 46 heavy (non-hydrogen) atoms. The molecule has 4 N–H and O–H groups in total. The molecule has 4 aliphatic heterocycles. The highest BCUT2D eigenvalue weighted by Crippen LogP contribution is 2.46. The van der Waals surface area contributed by atoms with Crippen LogP contribution >= 0.6 is 22.9 Å². The number of halogens is 3. The zero-order chi connectivity index (χ0) is 31.7. The van der Waals surface area contributed by atoms with Crippen LogP contribution in [0.3, 0.4) is 0 Å². The van der Waals surface area contributed by atoms with Crippen molar-refractivity contribution in [1.82, 2.24) is 25.5 Å². The van der Waals surface area contributed by atoms with Gasteiger partial charge in [0, 0.05) is 42.0 Å². The monoisotopic (exact) mass is 664 g/mol. The van der Waals surface area contributed by atoms with Gasteiger partial charge in [-0.1, -0.05) is 17.7 Å². The van der Waals surface area contributed by atoms with E-state index in [1.807, 2.05) is 11.0 Å². The van der Waals surface area contributed by atoms with Crippen LogP contribution in [0.2, 0.25) is 5.02 Å². The van der Waals surface area contributed by atoms with Crippen molar-refractivity contribution < 1.29 is 18.3 Å². The first-order valence-electron chi connectivity index (χ1n) is 15.5. The molecule has 2 atom stereocenters. The number of fused-ring (bicyclic) bond motifs is 3. The Balaban J connectivity index is 1.24. The number of rotatable bonds is 7. The van der Waals surface area contributed by atoms with Crippen LogP contribution in [-0.2, 0) is 4.79 Å². The number of carbonyl (C=O) groups excluding carboxylic acids is 1. The number of nitrogens with two attached hydrogens (primary N) is 1. The number of aromatic nitrogens is 2. The summed E-state index contributed by atoms with van der Waals surface area (Å²) in [4.78, 5) is 26.3. The van der Waals surface area contributed by atoms with Crippen molar-refractivity contribution in [3.05, 3.63) is 40.4 Å². The highest BCUT2D eigenvalue weighted by Gasteiger charge is 2.45. The van der Waals surface area contributed by atoms with Crippen molar-refractivity contribution >= 4 is 60.7 Å². The summed E-state index contributed by atoms with van der Waals surface area (Å²) in [7, 11) is 0. The summed E-state index contributed by atoms with van der Waals surface area (Å²) in [5.41, 5.74) is 6.30. The Labute approximate surface area is 272 Å². The molecule has 6 heterocycles. The number of ether oxygens (including phenoxy) is 1. The number of hydrogen-bond donors (Lipinski definition) is 3.